The van der Waals surface area contributed by atoms with E-state index >= 15 is 0 Å². The lowest BCUT2D eigenvalue weighted by Crippen LogP contribution is -2.69. The van der Waals surface area contributed by atoms with E-state index in [-0.39, 0.29) is 29.5 Å². The van der Waals surface area contributed by atoms with Crippen molar-refractivity contribution >= 4 is 10.8 Å². The molecule has 5 fully saturated rings. The van der Waals surface area contributed by atoms with Gasteiger partial charge in [0.05, 0.1) is 12.7 Å². The molecule has 0 radical (unpaired) electrons. The third kappa shape index (κ3) is 3.10. The molecule has 5 aliphatic rings. The molecule has 2 aromatic carbocycles. The lowest BCUT2D eigenvalue weighted by Gasteiger charge is -2.61. The molecule has 2 saturated carbocycles. The Bertz CT molecular complexity index is 975. The molecule has 0 N–H and O–H groups in total. The molecule has 2 aliphatic carbocycles. The van der Waals surface area contributed by atoms with Gasteiger partial charge in [-0.25, -0.2) is 9.78 Å². The van der Waals surface area contributed by atoms with Crippen LogP contribution in [0.2, 0.25) is 0 Å². The number of benzene rings is 2. The van der Waals surface area contributed by atoms with Crippen molar-refractivity contribution in [2.24, 2.45) is 23.7 Å². The van der Waals surface area contributed by atoms with Crippen molar-refractivity contribution in [2.45, 2.75) is 83.1 Å². The quantitative estimate of drug-likeness (QED) is 0.567. The van der Waals surface area contributed by atoms with Crippen LogP contribution < -0.4 is 0 Å². The highest BCUT2D eigenvalue weighted by molar-refractivity contribution is 5.82. The van der Waals surface area contributed by atoms with Crippen molar-refractivity contribution < 1.29 is 19.2 Å². The van der Waals surface area contributed by atoms with Crippen LogP contribution in [0.15, 0.2) is 42.5 Å². The third-order valence-corrected chi connectivity index (χ3v) is 8.86. The maximum atomic E-state index is 6.74. The van der Waals surface area contributed by atoms with E-state index in [1.165, 1.54) is 29.2 Å². The fourth-order valence-corrected chi connectivity index (χ4v) is 7.12. The predicted molar refractivity (Wildman–Crippen MR) is 119 cm³/mol. The second kappa shape index (κ2) is 7.28. The molecule has 166 valence electrons. The van der Waals surface area contributed by atoms with Crippen LogP contribution in [-0.4, -0.2) is 23.6 Å². The summed E-state index contributed by atoms with van der Waals surface area (Å²) in [6.07, 6.45) is 5.38. The summed E-state index contributed by atoms with van der Waals surface area (Å²) in [5.41, 5.74) is 0.635. The van der Waals surface area contributed by atoms with E-state index in [9.17, 15) is 0 Å². The second-order valence-corrected chi connectivity index (χ2v) is 10.8. The molecule has 8 atom stereocenters. The molecule has 2 aromatic rings. The largest absolute Gasteiger partial charge is 0.348 e. The number of hydrogen-bond acceptors (Lipinski definition) is 4. The van der Waals surface area contributed by atoms with Crippen LogP contribution in [0.5, 0.6) is 0 Å². The molecule has 31 heavy (non-hydrogen) atoms. The van der Waals surface area contributed by atoms with E-state index < -0.39 is 0 Å². The van der Waals surface area contributed by atoms with E-state index in [2.05, 4.69) is 63.2 Å². The number of rotatable bonds is 3. The maximum Gasteiger partial charge on any atom is 0.161 e. The summed E-state index contributed by atoms with van der Waals surface area (Å²) in [5, 5.41) is 2.52. The van der Waals surface area contributed by atoms with Gasteiger partial charge in [-0.1, -0.05) is 50.2 Å². The summed E-state index contributed by atoms with van der Waals surface area (Å²) in [5.74, 6) is 1.84. The van der Waals surface area contributed by atoms with Crippen molar-refractivity contribution in [3.8, 4) is 0 Å². The van der Waals surface area contributed by atoms with Gasteiger partial charge in [0.2, 0.25) is 0 Å². The molecule has 3 saturated heterocycles. The Labute approximate surface area is 185 Å². The fourth-order valence-electron chi connectivity index (χ4n) is 7.12. The minimum atomic E-state index is -0.310. The monoisotopic (exact) mass is 422 g/mol. The number of fused-ring (bicyclic) bond motifs is 3. The Balaban J connectivity index is 1.26. The standard InChI is InChI=1S/C27H34O4/c1-17-8-11-23-18(2)25(28-16-19-9-10-20-6-4-5-7-21(20)14-19)29-24-15-26(3)13-12-22(17)27(23,24)31-30-26/h4-7,9-10,14,17-18,22-25H,8,11-13,15-16H2,1-3H3/t17-,18?,22?,23?,24?,25?,26+,27-/m1/s1. The molecule has 7 rings (SSSR count). The Kier molecular flexibility index (Phi) is 4.73. The second-order valence-electron chi connectivity index (χ2n) is 10.8. The van der Waals surface area contributed by atoms with Gasteiger partial charge in [-0.15, -0.1) is 0 Å². The van der Waals surface area contributed by atoms with Gasteiger partial charge in [-0.05, 0) is 66.8 Å². The summed E-state index contributed by atoms with van der Waals surface area (Å²) < 4.78 is 13.2. The normalized spacial score (nSPS) is 44.1. The SMILES string of the molecule is CC1C(OCc2ccc3ccccc3c2)OC2C[C@]3(C)CCC4[C@H](C)CCC1[C@@]24OO3. The Morgan fingerprint density at radius 1 is 0.968 bits per heavy atom. The van der Waals surface area contributed by atoms with Crippen molar-refractivity contribution in [3.05, 3.63) is 48.0 Å². The molecule has 3 aliphatic heterocycles. The minimum absolute atomic E-state index is 0.0457. The van der Waals surface area contributed by atoms with Crippen molar-refractivity contribution in [1.82, 2.24) is 0 Å². The zero-order chi connectivity index (χ0) is 21.2. The van der Waals surface area contributed by atoms with Crippen LogP contribution >= 0.6 is 0 Å². The van der Waals surface area contributed by atoms with Crippen LogP contribution in [0.4, 0.5) is 0 Å². The first kappa shape index (κ1) is 20.2. The Morgan fingerprint density at radius 3 is 2.68 bits per heavy atom. The lowest BCUT2D eigenvalue weighted by atomic mass is 9.56. The fraction of sp³-hybridized carbons (Fsp3) is 0.630. The molecular formula is C27H34O4. The average molecular weight is 423 g/mol. The summed E-state index contributed by atoms with van der Waals surface area (Å²) in [7, 11) is 0. The van der Waals surface area contributed by atoms with Crippen LogP contribution in [0.1, 0.15) is 58.4 Å². The molecule has 4 nitrogen and oxygen atoms in total. The zero-order valence-corrected chi connectivity index (χ0v) is 18.9. The van der Waals surface area contributed by atoms with E-state index in [1.807, 2.05) is 0 Å². The molecular weight excluding hydrogens is 388 g/mol. The van der Waals surface area contributed by atoms with E-state index in [1.54, 1.807) is 0 Å². The zero-order valence-electron chi connectivity index (χ0n) is 18.9. The first-order valence-corrected chi connectivity index (χ1v) is 12.1. The molecule has 3 heterocycles. The van der Waals surface area contributed by atoms with Gasteiger partial charge in [-0.3, -0.25) is 0 Å². The summed E-state index contributed by atoms with van der Waals surface area (Å²) in [6.45, 7) is 7.43. The van der Waals surface area contributed by atoms with Crippen LogP contribution in [0.3, 0.4) is 0 Å². The van der Waals surface area contributed by atoms with Crippen LogP contribution in [0.25, 0.3) is 10.8 Å². The van der Waals surface area contributed by atoms with Gasteiger partial charge in [0.25, 0.3) is 0 Å². The van der Waals surface area contributed by atoms with E-state index in [0.29, 0.717) is 24.4 Å². The van der Waals surface area contributed by atoms with Crippen molar-refractivity contribution in [2.75, 3.05) is 0 Å². The highest BCUT2D eigenvalue weighted by atomic mass is 17.2. The summed E-state index contributed by atoms with van der Waals surface area (Å²) >= 11 is 0. The molecule has 0 aromatic heterocycles. The van der Waals surface area contributed by atoms with Crippen LogP contribution in [-0.2, 0) is 25.9 Å². The first-order chi connectivity index (χ1) is 15.0. The smallest absolute Gasteiger partial charge is 0.161 e. The van der Waals surface area contributed by atoms with Crippen molar-refractivity contribution in [3.63, 3.8) is 0 Å². The van der Waals surface area contributed by atoms with Gasteiger partial charge in [0.15, 0.2) is 6.29 Å². The number of ether oxygens (including phenoxy) is 2. The molecule has 2 bridgehead atoms. The summed E-state index contributed by atoms with van der Waals surface area (Å²) in [4.78, 5) is 12.5. The lowest BCUT2D eigenvalue weighted by molar-refractivity contribution is -0.496. The predicted octanol–water partition coefficient (Wildman–Crippen LogP) is 6.02. The van der Waals surface area contributed by atoms with Gasteiger partial charge in [0, 0.05) is 18.3 Å². The topological polar surface area (TPSA) is 36.9 Å². The molecule has 4 heteroatoms. The summed E-state index contributed by atoms with van der Waals surface area (Å²) in [6, 6.07) is 15.1. The highest BCUT2D eigenvalue weighted by Gasteiger charge is 2.68. The van der Waals surface area contributed by atoms with Gasteiger partial charge in [0.1, 0.15) is 11.2 Å². The van der Waals surface area contributed by atoms with E-state index in [4.69, 9.17) is 19.2 Å². The maximum absolute atomic E-state index is 6.74. The minimum Gasteiger partial charge on any atom is -0.348 e. The average Bonchev–Trinajstić information content (AvgIpc) is 3.01. The van der Waals surface area contributed by atoms with Crippen LogP contribution in [0, 0.1) is 23.7 Å². The Morgan fingerprint density at radius 2 is 1.81 bits per heavy atom. The molecule has 5 unspecified atom stereocenters. The first-order valence-electron chi connectivity index (χ1n) is 12.1. The number of hydrogen-bond donors (Lipinski definition) is 0. The van der Waals surface area contributed by atoms with Gasteiger partial charge in [-0.2, -0.15) is 0 Å². The van der Waals surface area contributed by atoms with E-state index in [0.717, 1.165) is 19.3 Å². The molecule has 1 spiro atoms. The Hall–Kier alpha value is -1.46. The third-order valence-electron chi connectivity index (χ3n) is 8.86. The van der Waals surface area contributed by atoms with Gasteiger partial charge >= 0.3 is 0 Å². The van der Waals surface area contributed by atoms with Crippen molar-refractivity contribution in [1.29, 1.82) is 0 Å². The molecule has 0 amide bonds. The highest BCUT2D eigenvalue weighted by Crippen LogP contribution is 2.61. The van der Waals surface area contributed by atoms with Gasteiger partial charge < -0.3 is 9.47 Å².